The Morgan fingerprint density at radius 2 is 2.12 bits per heavy atom. The molecule has 1 saturated carbocycles. The number of aryl methyl sites for hydroxylation is 2. The Kier molecular flexibility index (Phi) is 4.44. The second-order valence-electron chi connectivity index (χ2n) is 6.93. The van der Waals surface area contributed by atoms with Crippen LogP contribution in [0, 0.1) is 6.92 Å². The molecule has 0 saturated heterocycles. The second-order valence-corrected chi connectivity index (χ2v) is 6.93. The van der Waals surface area contributed by atoms with Gasteiger partial charge in [-0.1, -0.05) is 6.92 Å². The first-order valence-electron chi connectivity index (χ1n) is 9.30. The molecule has 3 heterocycles. The number of hydrogen-bond donors (Lipinski definition) is 1. The van der Waals surface area contributed by atoms with Crippen LogP contribution >= 0.6 is 0 Å². The molecule has 0 bridgehead atoms. The summed E-state index contributed by atoms with van der Waals surface area (Å²) in [6.45, 7) is 6.12. The van der Waals surface area contributed by atoms with E-state index in [2.05, 4.69) is 22.4 Å². The molecule has 0 atom stereocenters. The van der Waals surface area contributed by atoms with Crippen molar-refractivity contribution in [2.75, 3.05) is 6.54 Å². The Bertz CT molecular complexity index is 937. The minimum atomic E-state index is -0.0693. The maximum atomic E-state index is 12.8. The lowest BCUT2D eigenvalue weighted by Crippen LogP contribution is -2.28. The van der Waals surface area contributed by atoms with E-state index in [1.165, 1.54) is 0 Å². The average molecular weight is 352 g/mol. The molecule has 1 aliphatic carbocycles. The first kappa shape index (κ1) is 16.8. The molecule has 1 N–H and O–H groups in total. The van der Waals surface area contributed by atoms with E-state index in [9.17, 15) is 4.79 Å². The largest absolute Gasteiger partial charge is 0.350 e. The summed E-state index contributed by atoms with van der Waals surface area (Å²) in [7, 11) is 0. The number of nitrogens with zero attached hydrogens (tertiary/aromatic N) is 5. The first-order chi connectivity index (χ1) is 12.7. The van der Waals surface area contributed by atoms with Gasteiger partial charge in [-0.2, -0.15) is 10.2 Å². The maximum absolute atomic E-state index is 12.8. The number of pyridine rings is 1. The molecule has 1 aliphatic rings. The van der Waals surface area contributed by atoms with Crippen LogP contribution in [-0.2, 0) is 13.1 Å². The molecule has 1 fully saturated rings. The van der Waals surface area contributed by atoms with Gasteiger partial charge in [-0.3, -0.25) is 9.48 Å². The maximum Gasteiger partial charge on any atom is 0.252 e. The van der Waals surface area contributed by atoms with Crippen molar-refractivity contribution >= 4 is 16.9 Å². The molecule has 3 aromatic rings. The van der Waals surface area contributed by atoms with Gasteiger partial charge in [0.25, 0.3) is 5.91 Å². The van der Waals surface area contributed by atoms with Crippen molar-refractivity contribution in [2.45, 2.75) is 52.1 Å². The van der Waals surface area contributed by atoms with Crippen LogP contribution in [0.15, 0.2) is 24.5 Å². The smallest absolute Gasteiger partial charge is 0.252 e. The van der Waals surface area contributed by atoms with E-state index in [1.54, 1.807) is 12.4 Å². The van der Waals surface area contributed by atoms with E-state index < -0.39 is 0 Å². The molecular formula is C19H24N6O. The fraction of sp³-hybridized carbons (Fsp3) is 0.474. The Hall–Kier alpha value is -2.70. The number of carbonyl (C=O) groups excluding carboxylic acids is 1. The van der Waals surface area contributed by atoms with Crippen molar-refractivity contribution < 1.29 is 4.79 Å². The van der Waals surface area contributed by atoms with E-state index in [4.69, 9.17) is 4.98 Å². The molecular weight excluding hydrogens is 328 g/mol. The quantitative estimate of drug-likeness (QED) is 0.709. The van der Waals surface area contributed by atoms with Gasteiger partial charge in [0.15, 0.2) is 5.65 Å². The van der Waals surface area contributed by atoms with Crippen molar-refractivity contribution in [3.8, 4) is 0 Å². The van der Waals surface area contributed by atoms with Crippen LogP contribution in [0.25, 0.3) is 11.0 Å². The second kappa shape index (κ2) is 6.90. The third-order valence-corrected chi connectivity index (χ3v) is 4.84. The SMILES string of the molecule is CCCn1ncc2c(C(=O)NCCn3nccc3C)cc(C3CC3)nc21. The molecule has 7 nitrogen and oxygen atoms in total. The Labute approximate surface area is 152 Å². The molecule has 3 aromatic heterocycles. The summed E-state index contributed by atoms with van der Waals surface area (Å²) in [4.78, 5) is 17.6. The van der Waals surface area contributed by atoms with E-state index in [1.807, 2.05) is 28.4 Å². The van der Waals surface area contributed by atoms with E-state index >= 15 is 0 Å². The van der Waals surface area contributed by atoms with Crippen molar-refractivity contribution in [1.82, 2.24) is 29.9 Å². The fourth-order valence-corrected chi connectivity index (χ4v) is 3.22. The molecule has 136 valence electrons. The number of hydrogen-bond acceptors (Lipinski definition) is 4. The lowest BCUT2D eigenvalue weighted by molar-refractivity contribution is 0.0953. The molecule has 1 amide bonds. The minimum Gasteiger partial charge on any atom is -0.350 e. The predicted octanol–water partition coefficient (Wildman–Crippen LogP) is 2.65. The highest BCUT2D eigenvalue weighted by Gasteiger charge is 2.27. The molecule has 0 aromatic carbocycles. The summed E-state index contributed by atoms with van der Waals surface area (Å²) < 4.78 is 3.79. The topological polar surface area (TPSA) is 77.6 Å². The van der Waals surface area contributed by atoms with Gasteiger partial charge < -0.3 is 5.32 Å². The highest BCUT2D eigenvalue weighted by Crippen LogP contribution is 2.40. The van der Waals surface area contributed by atoms with Gasteiger partial charge in [0.2, 0.25) is 0 Å². The van der Waals surface area contributed by atoms with Crippen LogP contribution in [0.4, 0.5) is 0 Å². The minimum absolute atomic E-state index is 0.0693. The summed E-state index contributed by atoms with van der Waals surface area (Å²) in [5.74, 6) is 0.419. The summed E-state index contributed by atoms with van der Waals surface area (Å²) in [6, 6.07) is 3.91. The van der Waals surface area contributed by atoms with Gasteiger partial charge in [-0.25, -0.2) is 9.67 Å². The highest BCUT2D eigenvalue weighted by molar-refractivity contribution is 6.05. The number of nitrogens with one attached hydrogen (secondary N) is 1. The van der Waals surface area contributed by atoms with E-state index in [0.717, 1.165) is 48.2 Å². The van der Waals surface area contributed by atoms with Crippen LogP contribution in [0.5, 0.6) is 0 Å². The summed E-state index contributed by atoms with van der Waals surface area (Å²) >= 11 is 0. The van der Waals surface area contributed by atoms with Gasteiger partial charge in [0.1, 0.15) is 0 Å². The van der Waals surface area contributed by atoms with Crippen LogP contribution in [0.2, 0.25) is 0 Å². The summed E-state index contributed by atoms with van der Waals surface area (Å²) in [5, 5.41) is 12.5. The lowest BCUT2D eigenvalue weighted by Gasteiger charge is -2.10. The van der Waals surface area contributed by atoms with Gasteiger partial charge in [0, 0.05) is 36.6 Å². The summed E-state index contributed by atoms with van der Waals surface area (Å²) in [6.07, 6.45) is 6.83. The van der Waals surface area contributed by atoms with E-state index in [0.29, 0.717) is 24.6 Å². The number of fused-ring (bicyclic) bond motifs is 1. The zero-order chi connectivity index (χ0) is 18.1. The fourth-order valence-electron chi connectivity index (χ4n) is 3.22. The van der Waals surface area contributed by atoms with Crippen LogP contribution < -0.4 is 5.32 Å². The zero-order valence-electron chi connectivity index (χ0n) is 15.3. The van der Waals surface area contributed by atoms with Crippen LogP contribution in [0.3, 0.4) is 0 Å². The number of amides is 1. The monoisotopic (exact) mass is 352 g/mol. The van der Waals surface area contributed by atoms with Gasteiger partial charge in [-0.05, 0) is 38.3 Å². The Balaban J connectivity index is 1.57. The average Bonchev–Trinajstić information content (AvgIpc) is 3.30. The Morgan fingerprint density at radius 1 is 1.27 bits per heavy atom. The van der Waals surface area contributed by atoms with Crippen molar-refractivity contribution in [3.05, 3.63) is 41.5 Å². The molecule has 26 heavy (non-hydrogen) atoms. The van der Waals surface area contributed by atoms with Crippen LogP contribution in [0.1, 0.15) is 53.8 Å². The highest BCUT2D eigenvalue weighted by atomic mass is 16.1. The number of carbonyl (C=O) groups is 1. The predicted molar refractivity (Wildman–Crippen MR) is 99.1 cm³/mol. The van der Waals surface area contributed by atoms with Gasteiger partial charge in [-0.15, -0.1) is 0 Å². The molecule has 0 spiro atoms. The van der Waals surface area contributed by atoms with Crippen molar-refractivity contribution in [2.24, 2.45) is 0 Å². The van der Waals surface area contributed by atoms with Gasteiger partial charge in [0.05, 0.1) is 23.7 Å². The lowest BCUT2D eigenvalue weighted by atomic mass is 10.1. The van der Waals surface area contributed by atoms with Gasteiger partial charge >= 0.3 is 0 Å². The molecule has 0 aliphatic heterocycles. The molecule has 7 heteroatoms. The summed E-state index contributed by atoms with van der Waals surface area (Å²) in [5.41, 5.74) is 3.60. The molecule has 0 radical (unpaired) electrons. The molecule has 4 rings (SSSR count). The van der Waals surface area contributed by atoms with Crippen LogP contribution in [-0.4, -0.2) is 37.0 Å². The molecule has 0 unspecified atom stereocenters. The van der Waals surface area contributed by atoms with E-state index in [-0.39, 0.29) is 5.91 Å². The zero-order valence-corrected chi connectivity index (χ0v) is 15.3. The number of rotatable bonds is 7. The van der Waals surface area contributed by atoms with Crippen molar-refractivity contribution in [1.29, 1.82) is 0 Å². The first-order valence-corrected chi connectivity index (χ1v) is 9.30. The third kappa shape index (κ3) is 3.21. The number of aromatic nitrogens is 5. The Morgan fingerprint density at radius 3 is 2.81 bits per heavy atom. The standard InChI is InChI=1S/C19H24N6O/c1-3-9-25-18-16(12-22-25)15(11-17(23-18)14-4-5-14)19(26)20-8-10-24-13(2)6-7-21-24/h6-7,11-12,14H,3-5,8-10H2,1-2H3,(H,20,26). The van der Waals surface area contributed by atoms with Crippen molar-refractivity contribution in [3.63, 3.8) is 0 Å². The normalized spacial score (nSPS) is 14.1. The third-order valence-electron chi connectivity index (χ3n) is 4.84.